The Hall–Kier alpha value is -1.41. The molecule has 2 N–H and O–H groups in total. The van der Waals surface area contributed by atoms with Gasteiger partial charge in [0.2, 0.25) is 0 Å². The Morgan fingerprint density at radius 3 is 2.71 bits per heavy atom. The molecule has 21 heavy (non-hydrogen) atoms. The van der Waals surface area contributed by atoms with Crippen molar-refractivity contribution in [3.05, 3.63) is 29.6 Å². The lowest BCUT2D eigenvalue weighted by molar-refractivity contribution is 0.0432. The van der Waals surface area contributed by atoms with E-state index in [0.717, 1.165) is 37.8 Å². The predicted molar refractivity (Wildman–Crippen MR) is 78.6 cm³/mol. The molecule has 1 aromatic rings. The Morgan fingerprint density at radius 2 is 2.14 bits per heavy atom. The van der Waals surface area contributed by atoms with E-state index in [1.54, 1.807) is 0 Å². The summed E-state index contributed by atoms with van der Waals surface area (Å²) in [5.74, 6) is 6.79. The number of aliphatic hydroxyl groups is 2. The van der Waals surface area contributed by atoms with Gasteiger partial charge >= 0.3 is 0 Å². The van der Waals surface area contributed by atoms with Crippen LogP contribution >= 0.6 is 0 Å². The average molecular weight is 287 g/mol. The van der Waals surface area contributed by atoms with Gasteiger partial charge in [0.05, 0.1) is 19.3 Å². The van der Waals surface area contributed by atoms with E-state index in [1.165, 1.54) is 5.56 Å². The number of hydrogen-bond donors (Lipinski definition) is 2. The van der Waals surface area contributed by atoms with Crippen LogP contribution in [0.3, 0.4) is 0 Å². The summed E-state index contributed by atoms with van der Waals surface area (Å²) in [6.07, 6.45) is 6.45. The monoisotopic (exact) mass is 287 g/mol. The number of pyridine rings is 1. The number of aromatic nitrogens is 1. The molecule has 112 valence electrons. The summed E-state index contributed by atoms with van der Waals surface area (Å²) in [4.78, 5) is 4.38. The first-order valence-corrected chi connectivity index (χ1v) is 7.60. The van der Waals surface area contributed by atoms with Gasteiger partial charge in [0, 0.05) is 6.20 Å². The van der Waals surface area contributed by atoms with Crippen molar-refractivity contribution in [1.29, 1.82) is 0 Å². The van der Waals surface area contributed by atoms with Crippen LogP contribution in [-0.2, 0) is 11.2 Å². The van der Waals surface area contributed by atoms with Gasteiger partial charge in [-0.25, -0.2) is 4.98 Å². The zero-order chi connectivity index (χ0) is 14.7. The minimum atomic E-state index is -0.342. The Morgan fingerprint density at radius 1 is 1.33 bits per heavy atom. The maximum absolute atomic E-state index is 9.29. The summed E-state index contributed by atoms with van der Waals surface area (Å²) in [7, 11) is 0. The van der Waals surface area contributed by atoms with E-state index in [2.05, 4.69) is 22.9 Å². The van der Waals surface area contributed by atoms with E-state index in [1.807, 2.05) is 12.3 Å². The van der Waals surface area contributed by atoms with Crippen molar-refractivity contribution in [3.8, 4) is 11.8 Å². The molecular formula is C17H21NO3. The van der Waals surface area contributed by atoms with Crippen molar-refractivity contribution >= 4 is 0 Å². The molecule has 0 radical (unpaired) electrons. The molecular weight excluding hydrogens is 266 g/mol. The van der Waals surface area contributed by atoms with E-state index in [-0.39, 0.29) is 18.3 Å². The summed E-state index contributed by atoms with van der Waals surface area (Å²) in [5.41, 5.74) is 1.62. The van der Waals surface area contributed by atoms with Crippen LogP contribution in [0.5, 0.6) is 0 Å². The van der Waals surface area contributed by atoms with Gasteiger partial charge in [0.15, 0.2) is 0 Å². The van der Waals surface area contributed by atoms with Gasteiger partial charge in [-0.1, -0.05) is 12.0 Å². The molecule has 0 saturated heterocycles. The summed E-state index contributed by atoms with van der Waals surface area (Å²) in [6.45, 7) is 0.376. The number of aliphatic hydroxyl groups excluding tert-OH is 2. The van der Waals surface area contributed by atoms with Crippen LogP contribution in [0.2, 0.25) is 0 Å². The molecule has 4 nitrogen and oxygen atoms in total. The van der Waals surface area contributed by atoms with Crippen LogP contribution in [0, 0.1) is 17.8 Å². The second-order valence-corrected chi connectivity index (χ2v) is 6.06. The van der Waals surface area contributed by atoms with Crippen LogP contribution in [0.15, 0.2) is 18.3 Å². The van der Waals surface area contributed by atoms with Gasteiger partial charge in [0.25, 0.3) is 0 Å². The second-order valence-electron chi connectivity index (χ2n) is 6.06. The van der Waals surface area contributed by atoms with Crippen LogP contribution in [0.4, 0.5) is 0 Å². The zero-order valence-electron chi connectivity index (χ0n) is 12.1. The van der Waals surface area contributed by atoms with E-state index in [4.69, 9.17) is 9.84 Å². The average Bonchev–Trinajstić information content (AvgIpc) is 3.23. The summed E-state index contributed by atoms with van der Waals surface area (Å²) >= 11 is 0. The number of ether oxygens (including phenoxy) is 1. The predicted octanol–water partition coefficient (Wildman–Crippen LogP) is 1.29. The van der Waals surface area contributed by atoms with E-state index < -0.39 is 0 Å². The maximum Gasteiger partial charge on any atom is 0.129 e. The highest BCUT2D eigenvalue weighted by Gasteiger charge is 2.42. The highest BCUT2D eigenvalue weighted by molar-refractivity contribution is 5.34. The molecule has 0 atom stereocenters. The van der Waals surface area contributed by atoms with Gasteiger partial charge in [-0.15, -0.1) is 0 Å². The van der Waals surface area contributed by atoms with Crippen molar-refractivity contribution in [2.24, 2.45) is 5.92 Å². The highest BCUT2D eigenvalue weighted by Crippen LogP contribution is 2.38. The van der Waals surface area contributed by atoms with Crippen molar-refractivity contribution in [2.75, 3.05) is 13.2 Å². The van der Waals surface area contributed by atoms with Gasteiger partial charge < -0.3 is 14.9 Å². The largest absolute Gasteiger partial charge is 0.394 e. The summed E-state index contributed by atoms with van der Waals surface area (Å²) in [5, 5.41) is 18.1. The fraction of sp³-hybridized carbons (Fsp3) is 0.588. The third-order valence-electron chi connectivity index (χ3n) is 4.15. The molecule has 3 rings (SSSR count). The lowest BCUT2D eigenvalue weighted by atomic mass is 9.79. The lowest BCUT2D eigenvalue weighted by Gasteiger charge is -2.31. The third kappa shape index (κ3) is 3.82. The molecule has 2 saturated carbocycles. The quantitative estimate of drug-likeness (QED) is 0.801. The second kappa shape index (κ2) is 6.15. The highest BCUT2D eigenvalue weighted by atomic mass is 16.5. The molecule has 2 aliphatic carbocycles. The minimum absolute atomic E-state index is 0.0340. The summed E-state index contributed by atoms with van der Waals surface area (Å²) < 4.78 is 5.54. The molecule has 0 aromatic carbocycles. The third-order valence-corrected chi connectivity index (χ3v) is 4.15. The molecule has 1 heterocycles. The lowest BCUT2D eigenvalue weighted by Crippen LogP contribution is -2.29. The first-order chi connectivity index (χ1) is 10.2. The Bertz CT molecular complexity index is 533. The van der Waals surface area contributed by atoms with Crippen LogP contribution < -0.4 is 0 Å². The Labute approximate surface area is 125 Å². The molecule has 2 aliphatic rings. The maximum atomic E-state index is 9.29. The Kier molecular flexibility index (Phi) is 4.25. The topological polar surface area (TPSA) is 62.6 Å². The zero-order valence-corrected chi connectivity index (χ0v) is 12.1. The van der Waals surface area contributed by atoms with Crippen molar-refractivity contribution in [3.63, 3.8) is 0 Å². The number of rotatable bonds is 5. The van der Waals surface area contributed by atoms with E-state index in [9.17, 15) is 5.11 Å². The molecule has 0 bridgehead atoms. The summed E-state index contributed by atoms with van der Waals surface area (Å²) in [6, 6.07) is 4.01. The molecule has 2 fully saturated rings. The standard InChI is InChI=1S/C17H21NO3/c19-7-8-21-17(5-6-17)4-3-15-2-1-13(12-18-15)9-14-10-16(20)11-14/h1-2,12,14,16,19-20H,5-11H2. The Balaban J connectivity index is 1.55. The van der Waals surface area contributed by atoms with Crippen molar-refractivity contribution in [2.45, 2.75) is 43.8 Å². The number of hydrogen-bond acceptors (Lipinski definition) is 4. The molecule has 0 unspecified atom stereocenters. The van der Waals surface area contributed by atoms with E-state index >= 15 is 0 Å². The fourth-order valence-electron chi connectivity index (χ4n) is 2.66. The molecule has 0 aliphatic heterocycles. The fourth-order valence-corrected chi connectivity index (χ4v) is 2.66. The molecule has 0 amide bonds. The van der Waals surface area contributed by atoms with Crippen molar-refractivity contribution < 1.29 is 14.9 Å². The van der Waals surface area contributed by atoms with Gasteiger partial charge in [-0.3, -0.25) is 0 Å². The first-order valence-electron chi connectivity index (χ1n) is 7.60. The van der Waals surface area contributed by atoms with Crippen molar-refractivity contribution in [1.82, 2.24) is 4.98 Å². The van der Waals surface area contributed by atoms with Crippen LogP contribution in [-0.4, -0.2) is 40.1 Å². The molecule has 1 aromatic heterocycles. The normalized spacial score (nSPS) is 25.6. The molecule has 0 spiro atoms. The van der Waals surface area contributed by atoms with Gasteiger partial charge in [-0.2, -0.15) is 0 Å². The van der Waals surface area contributed by atoms with Gasteiger partial charge in [0.1, 0.15) is 11.3 Å². The van der Waals surface area contributed by atoms with E-state index in [0.29, 0.717) is 12.5 Å². The smallest absolute Gasteiger partial charge is 0.129 e. The SMILES string of the molecule is OCCOC1(C#Cc2ccc(CC3CC(O)C3)cn2)CC1. The van der Waals surface area contributed by atoms with Crippen LogP contribution in [0.25, 0.3) is 0 Å². The first kappa shape index (κ1) is 14.5. The van der Waals surface area contributed by atoms with Crippen LogP contribution in [0.1, 0.15) is 36.9 Å². The molecule has 4 heteroatoms. The number of nitrogens with zero attached hydrogens (tertiary/aromatic N) is 1. The van der Waals surface area contributed by atoms with Gasteiger partial charge in [-0.05, 0) is 55.6 Å². The minimum Gasteiger partial charge on any atom is -0.394 e.